The molecule has 0 bridgehead atoms. The first-order valence-corrected chi connectivity index (χ1v) is 6.10. The molecular formula is C13H12N6O2. The summed E-state index contributed by atoms with van der Waals surface area (Å²) in [5.41, 5.74) is 7.67. The van der Waals surface area contributed by atoms with E-state index in [0.717, 1.165) is 0 Å². The summed E-state index contributed by atoms with van der Waals surface area (Å²) in [6.45, 7) is 1.71. The van der Waals surface area contributed by atoms with Gasteiger partial charge in [-0.1, -0.05) is 0 Å². The van der Waals surface area contributed by atoms with Crippen molar-refractivity contribution < 1.29 is 10.2 Å². The number of nitrogens with one attached hydrogen (secondary N) is 3. The van der Waals surface area contributed by atoms with Gasteiger partial charge in [-0.25, -0.2) is 15.5 Å². The van der Waals surface area contributed by atoms with Crippen molar-refractivity contribution in [2.24, 2.45) is 5.11 Å². The molecule has 2 heterocycles. The van der Waals surface area contributed by atoms with Crippen LogP contribution in [0.15, 0.2) is 29.4 Å². The Morgan fingerprint density at radius 2 is 1.90 bits per heavy atom. The van der Waals surface area contributed by atoms with Crippen LogP contribution in [-0.4, -0.2) is 25.2 Å². The minimum atomic E-state index is -0.105. The van der Waals surface area contributed by atoms with E-state index >= 15 is 0 Å². The highest BCUT2D eigenvalue weighted by Gasteiger charge is 2.10. The van der Waals surface area contributed by atoms with E-state index in [2.05, 4.69) is 25.4 Å². The van der Waals surface area contributed by atoms with Gasteiger partial charge in [0.05, 0.1) is 0 Å². The molecular weight excluding hydrogens is 272 g/mol. The van der Waals surface area contributed by atoms with Crippen LogP contribution in [0.4, 0.5) is 17.3 Å². The Labute approximate surface area is 119 Å². The Morgan fingerprint density at radius 1 is 1.14 bits per heavy atom. The molecule has 3 rings (SSSR count). The minimum absolute atomic E-state index is 0.0813. The summed E-state index contributed by atoms with van der Waals surface area (Å²) >= 11 is 0. The second-order valence-electron chi connectivity index (χ2n) is 4.48. The molecule has 1 aromatic carbocycles. The minimum Gasteiger partial charge on any atom is -0.494 e. The van der Waals surface area contributed by atoms with Crippen molar-refractivity contribution in [2.75, 3.05) is 5.32 Å². The summed E-state index contributed by atoms with van der Waals surface area (Å²) in [4.78, 5) is 10.6. The van der Waals surface area contributed by atoms with Gasteiger partial charge in [0, 0.05) is 22.5 Å². The summed E-state index contributed by atoms with van der Waals surface area (Å²) in [7, 11) is 0. The third-order valence-corrected chi connectivity index (χ3v) is 2.98. The number of nitrogens with zero attached hydrogens (tertiary/aromatic N) is 3. The average molecular weight is 284 g/mol. The van der Waals surface area contributed by atoms with Crippen LogP contribution in [0.3, 0.4) is 0 Å². The van der Waals surface area contributed by atoms with Crippen molar-refractivity contribution in [1.29, 1.82) is 5.53 Å². The van der Waals surface area contributed by atoms with Gasteiger partial charge in [0.1, 0.15) is 11.6 Å². The van der Waals surface area contributed by atoms with E-state index in [1.807, 2.05) is 0 Å². The molecule has 8 nitrogen and oxygen atoms in total. The number of aromatic amines is 1. The molecule has 8 heteroatoms. The second kappa shape index (κ2) is 4.75. The molecule has 0 unspecified atom stereocenters. The first kappa shape index (κ1) is 12.9. The number of hydrogen-bond acceptors (Lipinski definition) is 7. The monoisotopic (exact) mass is 284 g/mol. The Balaban J connectivity index is 2.00. The van der Waals surface area contributed by atoms with Crippen LogP contribution in [0.2, 0.25) is 0 Å². The quantitative estimate of drug-likeness (QED) is 0.472. The molecule has 0 fully saturated rings. The molecule has 2 aromatic heterocycles. The van der Waals surface area contributed by atoms with Gasteiger partial charge < -0.3 is 15.5 Å². The van der Waals surface area contributed by atoms with Crippen LogP contribution in [0.1, 0.15) is 5.82 Å². The predicted octanol–water partition coefficient (Wildman–Crippen LogP) is 3.08. The third kappa shape index (κ3) is 2.34. The maximum atomic E-state index is 9.70. The maximum absolute atomic E-state index is 9.70. The zero-order chi connectivity index (χ0) is 15.0. The maximum Gasteiger partial charge on any atom is 0.199 e. The highest BCUT2D eigenvalue weighted by molar-refractivity contribution is 5.94. The predicted molar refractivity (Wildman–Crippen MR) is 76.5 cm³/mol. The topological polar surface area (TPSA) is 130 Å². The first-order chi connectivity index (χ1) is 10.1. The van der Waals surface area contributed by atoms with Crippen molar-refractivity contribution in [1.82, 2.24) is 15.0 Å². The van der Waals surface area contributed by atoms with Gasteiger partial charge in [0.2, 0.25) is 0 Å². The molecule has 0 spiro atoms. The van der Waals surface area contributed by atoms with Crippen LogP contribution >= 0.6 is 0 Å². The number of benzene rings is 1. The molecule has 0 saturated carbocycles. The van der Waals surface area contributed by atoms with Gasteiger partial charge >= 0.3 is 0 Å². The molecule has 106 valence electrons. The number of aromatic nitrogens is 3. The SMILES string of the molecule is Cc1nc(N=N)cc(Nc2ccc3c(O)[nH]c(O)c3c2)n1. The van der Waals surface area contributed by atoms with E-state index in [4.69, 9.17) is 5.53 Å². The molecule has 0 saturated heterocycles. The van der Waals surface area contributed by atoms with E-state index in [0.29, 0.717) is 28.1 Å². The van der Waals surface area contributed by atoms with Crippen LogP contribution in [0, 0.1) is 12.5 Å². The van der Waals surface area contributed by atoms with Gasteiger partial charge in [0.15, 0.2) is 17.6 Å². The molecule has 0 radical (unpaired) electrons. The highest BCUT2D eigenvalue weighted by Crippen LogP contribution is 2.34. The number of aryl methyl sites for hydroxylation is 1. The second-order valence-corrected chi connectivity index (χ2v) is 4.48. The Kier molecular flexibility index (Phi) is 2.90. The van der Waals surface area contributed by atoms with Gasteiger partial charge in [-0.2, -0.15) is 0 Å². The van der Waals surface area contributed by atoms with E-state index < -0.39 is 0 Å². The summed E-state index contributed by atoms with van der Waals surface area (Å²) in [6, 6.07) is 6.63. The normalized spacial score (nSPS) is 10.7. The lowest BCUT2D eigenvalue weighted by atomic mass is 10.2. The van der Waals surface area contributed by atoms with Crippen LogP contribution in [0.5, 0.6) is 11.8 Å². The third-order valence-electron chi connectivity index (χ3n) is 2.98. The number of rotatable bonds is 3. The lowest BCUT2D eigenvalue weighted by Gasteiger charge is -2.07. The number of H-pyrrole nitrogens is 1. The Bertz CT molecular complexity index is 842. The van der Waals surface area contributed by atoms with Crippen molar-refractivity contribution in [3.8, 4) is 11.8 Å². The first-order valence-electron chi connectivity index (χ1n) is 6.10. The molecule has 0 atom stereocenters. The zero-order valence-electron chi connectivity index (χ0n) is 11.0. The van der Waals surface area contributed by atoms with Crippen LogP contribution in [-0.2, 0) is 0 Å². The molecule has 0 aliphatic carbocycles. The smallest absolute Gasteiger partial charge is 0.199 e. The van der Waals surface area contributed by atoms with Crippen LogP contribution < -0.4 is 5.32 Å². The van der Waals surface area contributed by atoms with Gasteiger partial charge in [0.25, 0.3) is 0 Å². The van der Waals surface area contributed by atoms with E-state index in [1.54, 1.807) is 31.2 Å². The molecule has 21 heavy (non-hydrogen) atoms. The van der Waals surface area contributed by atoms with Crippen molar-refractivity contribution in [3.63, 3.8) is 0 Å². The van der Waals surface area contributed by atoms with Crippen molar-refractivity contribution >= 4 is 28.1 Å². The van der Waals surface area contributed by atoms with Gasteiger partial charge in [-0.3, -0.25) is 4.98 Å². The molecule has 0 aliphatic heterocycles. The lowest BCUT2D eigenvalue weighted by Crippen LogP contribution is -1.96. The Hall–Kier alpha value is -3.16. The fourth-order valence-corrected chi connectivity index (χ4v) is 2.09. The summed E-state index contributed by atoms with van der Waals surface area (Å²) in [5, 5.41) is 26.6. The number of aromatic hydroxyl groups is 2. The average Bonchev–Trinajstić information content (AvgIpc) is 2.73. The molecule has 0 aliphatic rings. The summed E-state index contributed by atoms with van der Waals surface area (Å²) in [6.07, 6.45) is 0. The standard InChI is InChI=1S/C13H12N6O2/c1-6-15-10(5-11(16-6)19-14)17-7-2-3-8-9(4-7)13(21)18-12(8)20/h2-5,14,18,20-21H,1H3,(H,15,16,17). The van der Waals surface area contributed by atoms with E-state index in [1.165, 1.54) is 0 Å². The largest absolute Gasteiger partial charge is 0.494 e. The van der Waals surface area contributed by atoms with E-state index in [9.17, 15) is 10.2 Å². The molecule has 3 aromatic rings. The van der Waals surface area contributed by atoms with Gasteiger partial charge in [-0.05, 0) is 25.1 Å². The van der Waals surface area contributed by atoms with Crippen LogP contribution in [0.25, 0.3) is 10.8 Å². The summed E-state index contributed by atoms with van der Waals surface area (Å²) in [5.74, 6) is 1.06. The Morgan fingerprint density at radius 3 is 2.67 bits per heavy atom. The molecule has 5 N–H and O–H groups in total. The highest BCUT2D eigenvalue weighted by atomic mass is 16.3. The van der Waals surface area contributed by atoms with Gasteiger partial charge in [-0.15, -0.1) is 5.11 Å². The summed E-state index contributed by atoms with van der Waals surface area (Å²) < 4.78 is 0. The number of anilines is 2. The fraction of sp³-hybridized carbons (Fsp3) is 0.0769. The lowest BCUT2D eigenvalue weighted by molar-refractivity contribution is 0.429. The molecule has 0 amide bonds. The fourth-order valence-electron chi connectivity index (χ4n) is 2.09. The van der Waals surface area contributed by atoms with E-state index in [-0.39, 0.29) is 17.6 Å². The zero-order valence-corrected chi connectivity index (χ0v) is 11.0. The van der Waals surface area contributed by atoms with Crippen molar-refractivity contribution in [3.05, 3.63) is 30.1 Å². The van der Waals surface area contributed by atoms with Crippen molar-refractivity contribution in [2.45, 2.75) is 6.92 Å². The number of fused-ring (bicyclic) bond motifs is 1. The number of hydrogen-bond donors (Lipinski definition) is 5.